The van der Waals surface area contributed by atoms with Gasteiger partial charge in [-0.3, -0.25) is 0 Å². The van der Waals surface area contributed by atoms with Crippen LogP contribution in [0.2, 0.25) is 0 Å². The normalized spacial score (nSPS) is 10.7. The van der Waals surface area contributed by atoms with Gasteiger partial charge in [-0.15, -0.1) is 0 Å². The first-order chi connectivity index (χ1) is 4.35. The molecule has 0 aliphatic rings. The van der Waals surface area contributed by atoms with Gasteiger partial charge in [-0.2, -0.15) is 25.3 Å². The molecule has 56 valence electrons. The van der Waals surface area contributed by atoms with Crippen molar-refractivity contribution in [2.24, 2.45) is 0 Å². The van der Waals surface area contributed by atoms with Crippen LogP contribution in [0.25, 0.3) is 0 Å². The van der Waals surface area contributed by atoms with Crippen molar-refractivity contribution in [3.63, 3.8) is 0 Å². The zero-order valence-corrected chi connectivity index (χ0v) is 7.67. The van der Waals surface area contributed by atoms with Gasteiger partial charge in [0.05, 0.1) is 0 Å². The largest absolute Gasteiger partial charge is 0.302 e. The predicted octanol–water partition coefficient (Wildman–Crippen LogP) is 1.17. The molecule has 1 nitrogen and oxygen atoms in total. The molecule has 0 N–H and O–H groups in total. The molecule has 3 heteroatoms. The van der Waals surface area contributed by atoms with Crippen molar-refractivity contribution in [2.75, 3.05) is 31.1 Å². The Labute approximate surface area is 68.6 Å². The minimum atomic E-state index is 0.946. The second-order valence-corrected chi connectivity index (χ2v) is 2.78. The molecule has 0 saturated heterocycles. The summed E-state index contributed by atoms with van der Waals surface area (Å²) in [5.74, 6) is 1.89. The summed E-state index contributed by atoms with van der Waals surface area (Å²) < 4.78 is 0. The number of hydrogen-bond donors (Lipinski definition) is 2. The van der Waals surface area contributed by atoms with Gasteiger partial charge in [0.1, 0.15) is 0 Å². The smallest absolute Gasteiger partial charge is 0.00700 e. The van der Waals surface area contributed by atoms with E-state index in [1.54, 1.807) is 0 Å². The summed E-state index contributed by atoms with van der Waals surface area (Å²) in [6, 6.07) is 0. The maximum Gasteiger partial charge on any atom is 0.00700 e. The van der Waals surface area contributed by atoms with Crippen molar-refractivity contribution in [3.05, 3.63) is 0 Å². The van der Waals surface area contributed by atoms with E-state index in [9.17, 15) is 0 Å². The van der Waals surface area contributed by atoms with E-state index in [-0.39, 0.29) is 0 Å². The summed E-state index contributed by atoms with van der Waals surface area (Å²) >= 11 is 8.28. The molecule has 0 aliphatic heterocycles. The molecule has 0 unspecified atom stereocenters. The van der Waals surface area contributed by atoms with Crippen molar-refractivity contribution >= 4 is 25.3 Å². The molecule has 0 aliphatic carbocycles. The molecule has 0 fully saturated rings. The lowest BCUT2D eigenvalue weighted by Crippen LogP contribution is -2.27. The van der Waals surface area contributed by atoms with Gasteiger partial charge >= 0.3 is 0 Å². The molecular formula is C6H15NS2. The summed E-state index contributed by atoms with van der Waals surface area (Å²) in [7, 11) is 0. The molecule has 0 aromatic carbocycles. The molecule has 0 amide bonds. The fourth-order valence-corrected chi connectivity index (χ4v) is 1.28. The lowest BCUT2D eigenvalue weighted by Gasteiger charge is -2.16. The van der Waals surface area contributed by atoms with Crippen LogP contribution in [-0.4, -0.2) is 36.0 Å². The Balaban J connectivity index is 3.18. The first-order valence-corrected chi connectivity index (χ1v) is 4.55. The lowest BCUT2D eigenvalue weighted by molar-refractivity contribution is 0.327. The van der Waals surface area contributed by atoms with Crippen LogP contribution in [0.5, 0.6) is 0 Å². The molecule has 0 bridgehead atoms. The summed E-state index contributed by atoms with van der Waals surface area (Å²) in [5.41, 5.74) is 0. The van der Waals surface area contributed by atoms with Gasteiger partial charge in [0.25, 0.3) is 0 Å². The fraction of sp³-hybridized carbons (Fsp3) is 1.00. The van der Waals surface area contributed by atoms with E-state index in [0.717, 1.165) is 31.1 Å². The minimum Gasteiger partial charge on any atom is -0.302 e. The van der Waals surface area contributed by atoms with Crippen LogP contribution in [0.4, 0.5) is 0 Å². The van der Waals surface area contributed by atoms with Gasteiger partial charge in [0.2, 0.25) is 0 Å². The molecule has 0 atom stereocenters. The molecule has 0 rings (SSSR count). The first-order valence-electron chi connectivity index (χ1n) is 3.29. The van der Waals surface area contributed by atoms with Crippen LogP contribution in [-0.2, 0) is 0 Å². The lowest BCUT2D eigenvalue weighted by atomic mass is 10.5. The van der Waals surface area contributed by atoms with E-state index in [1.165, 1.54) is 0 Å². The van der Waals surface area contributed by atoms with E-state index in [0.29, 0.717) is 0 Å². The van der Waals surface area contributed by atoms with E-state index in [1.807, 2.05) is 0 Å². The van der Waals surface area contributed by atoms with Crippen LogP contribution in [0.15, 0.2) is 0 Å². The number of rotatable bonds is 5. The van der Waals surface area contributed by atoms with E-state index >= 15 is 0 Å². The number of hydrogen-bond acceptors (Lipinski definition) is 3. The van der Waals surface area contributed by atoms with Gasteiger partial charge in [-0.25, -0.2) is 0 Å². The molecule has 0 saturated carbocycles. The Morgan fingerprint density at radius 1 is 1.11 bits per heavy atom. The summed E-state index contributed by atoms with van der Waals surface area (Å²) in [4.78, 5) is 2.33. The van der Waals surface area contributed by atoms with Crippen LogP contribution < -0.4 is 0 Å². The Kier molecular flexibility index (Phi) is 7.27. The molecule has 9 heavy (non-hydrogen) atoms. The van der Waals surface area contributed by atoms with Crippen molar-refractivity contribution in [3.8, 4) is 0 Å². The van der Waals surface area contributed by atoms with E-state index in [4.69, 9.17) is 0 Å². The van der Waals surface area contributed by atoms with Crippen molar-refractivity contribution < 1.29 is 0 Å². The zero-order valence-electron chi connectivity index (χ0n) is 5.88. The van der Waals surface area contributed by atoms with E-state index in [2.05, 4.69) is 37.1 Å². The van der Waals surface area contributed by atoms with E-state index < -0.39 is 0 Å². The minimum absolute atomic E-state index is 0.946. The maximum absolute atomic E-state index is 4.14. The SMILES string of the molecule is CCN(CCS)CCS. The van der Waals surface area contributed by atoms with Crippen molar-refractivity contribution in [1.82, 2.24) is 4.90 Å². The predicted molar refractivity (Wildman–Crippen MR) is 49.8 cm³/mol. The molecule has 0 radical (unpaired) electrons. The standard InChI is InChI=1S/C6H15NS2/c1-2-7(3-5-8)4-6-9/h8-9H,2-6H2,1H3. The second-order valence-electron chi connectivity index (χ2n) is 1.88. The van der Waals surface area contributed by atoms with Crippen LogP contribution in [0.3, 0.4) is 0 Å². The van der Waals surface area contributed by atoms with Crippen LogP contribution >= 0.6 is 25.3 Å². The fourth-order valence-electron chi connectivity index (χ4n) is 0.711. The van der Waals surface area contributed by atoms with Crippen molar-refractivity contribution in [2.45, 2.75) is 6.92 Å². The summed E-state index contributed by atoms with van der Waals surface area (Å²) in [6.07, 6.45) is 0. The van der Waals surface area contributed by atoms with Gasteiger partial charge in [0.15, 0.2) is 0 Å². The molecule has 0 heterocycles. The zero-order chi connectivity index (χ0) is 7.11. The molecule has 0 aromatic rings. The van der Waals surface area contributed by atoms with Gasteiger partial charge < -0.3 is 4.90 Å². The van der Waals surface area contributed by atoms with Crippen LogP contribution in [0.1, 0.15) is 6.92 Å². The average Bonchev–Trinajstić information content (AvgIpc) is 1.88. The highest BCUT2D eigenvalue weighted by Gasteiger charge is 1.96. The highest BCUT2D eigenvalue weighted by Crippen LogP contribution is 1.89. The first kappa shape index (κ1) is 9.66. The average molecular weight is 165 g/mol. The highest BCUT2D eigenvalue weighted by atomic mass is 32.1. The van der Waals surface area contributed by atoms with Gasteiger partial charge in [-0.1, -0.05) is 6.92 Å². The monoisotopic (exact) mass is 165 g/mol. The second kappa shape index (κ2) is 6.78. The highest BCUT2D eigenvalue weighted by molar-refractivity contribution is 7.80. The van der Waals surface area contributed by atoms with Gasteiger partial charge in [0, 0.05) is 24.6 Å². The third-order valence-corrected chi connectivity index (χ3v) is 1.68. The topological polar surface area (TPSA) is 3.24 Å². The molecular weight excluding hydrogens is 150 g/mol. The summed E-state index contributed by atoms with van der Waals surface area (Å²) in [6.45, 7) is 5.44. The number of thiol groups is 2. The van der Waals surface area contributed by atoms with Gasteiger partial charge in [-0.05, 0) is 6.54 Å². The van der Waals surface area contributed by atoms with Crippen molar-refractivity contribution in [1.29, 1.82) is 0 Å². The molecule has 0 aromatic heterocycles. The molecule has 0 spiro atoms. The Bertz CT molecular complexity index is 53.0. The van der Waals surface area contributed by atoms with Crippen LogP contribution in [0, 0.1) is 0 Å². The number of nitrogens with zero attached hydrogens (tertiary/aromatic N) is 1. The maximum atomic E-state index is 4.14. The Morgan fingerprint density at radius 2 is 1.56 bits per heavy atom. The Hall–Kier alpha value is 0.660. The quantitative estimate of drug-likeness (QED) is 0.578. The Morgan fingerprint density at radius 3 is 1.78 bits per heavy atom. The third-order valence-electron chi connectivity index (χ3n) is 1.28. The summed E-state index contributed by atoms with van der Waals surface area (Å²) in [5, 5.41) is 0. The third kappa shape index (κ3) is 5.12.